The van der Waals surface area contributed by atoms with Gasteiger partial charge in [0, 0.05) is 4.47 Å². The molecular weight excluding hydrogens is 460 g/mol. The zero-order chi connectivity index (χ0) is 22.1. The molecule has 3 rings (SSSR count). The van der Waals surface area contributed by atoms with E-state index in [9.17, 15) is 9.59 Å². The standard InChI is InChI=1S/C24H23BrN2O4/c1-2-14-30-22-13-12-18(25)15-20(22)24(29)27-26-23(28)19-10-6-7-11-21(19)31-16-17-8-4-3-5-9-17/h3-13,15H,2,14,16H2,1H3,(H,26,28)(H,27,29). The van der Waals surface area contributed by atoms with Gasteiger partial charge in [0.1, 0.15) is 18.1 Å². The Kier molecular flexibility index (Phi) is 8.06. The maximum atomic E-state index is 12.7. The van der Waals surface area contributed by atoms with E-state index in [-0.39, 0.29) is 0 Å². The highest BCUT2D eigenvalue weighted by molar-refractivity contribution is 9.10. The van der Waals surface area contributed by atoms with E-state index in [1.165, 1.54) is 0 Å². The van der Waals surface area contributed by atoms with E-state index in [1.54, 1.807) is 42.5 Å². The Morgan fingerprint density at radius 1 is 0.806 bits per heavy atom. The van der Waals surface area contributed by atoms with Crippen LogP contribution in [0.25, 0.3) is 0 Å². The summed E-state index contributed by atoms with van der Waals surface area (Å²) >= 11 is 3.36. The summed E-state index contributed by atoms with van der Waals surface area (Å²) in [5.74, 6) is -0.0950. The van der Waals surface area contributed by atoms with Gasteiger partial charge >= 0.3 is 0 Å². The third-order valence-corrected chi connectivity index (χ3v) is 4.80. The number of halogens is 1. The number of ether oxygens (including phenoxy) is 2. The molecule has 0 heterocycles. The zero-order valence-corrected chi connectivity index (χ0v) is 18.6. The first-order valence-corrected chi connectivity index (χ1v) is 10.7. The third kappa shape index (κ3) is 6.33. The summed E-state index contributed by atoms with van der Waals surface area (Å²) in [5.41, 5.74) is 6.51. The molecule has 0 aromatic heterocycles. The Labute approximate surface area is 189 Å². The van der Waals surface area contributed by atoms with E-state index in [0.717, 1.165) is 16.5 Å². The lowest BCUT2D eigenvalue weighted by molar-refractivity contribution is 0.0841. The molecule has 0 atom stereocenters. The highest BCUT2D eigenvalue weighted by atomic mass is 79.9. The van der Waals surface area contributed by atoms with Crippen LogP contribution in [0.1, 0.15) is 39.6 Å². The summed E-state index contributed by atoms with van der Waals surface area (Å²) < 4.78 is 12.2. The molecule has 0 saturated heterocycles. The monoisotopic (exact) mass is 482 g/mol. The second-order valence-electron chi connectivity index (χ2n) is 6.67. The van der Waals surface area contributed by atoms with Gasteiger partial charge in [0.2, 0.25) is 0 Å². The van der Waals surface area contributed by atoms with Crippen molar-refractivity contribution in [1.82, 2.24) is 10.9 Å². The SMILES string of the molecule is CCCOc1ccc(Br)cc1C(=O)NNC(=O)c1ccccc1OCc1ccccc1. The number of benzene rings is 3. The van der Waals surface area contributed by atoms with E-state index in [2.05, 4.69) is 26.8 Å². The Morgan fingerprint density at radius 2 is 1.45 bits per heavy atom. The first kappa shape index (κ1) is 22.4. The molecule has 6 nitrogen and oxygen atoms in total. The van der Waals surface area contributed by atoms with Crippen LogP contribution in [-0.2, 0) is 6.61 Å². The minimum absolute atomic E-state index is 0.315. The molecule has 3 aromatic carbocycles. The van der Waals surface area contributed by atoms with Crippen LogP contribution in [0.15, 0.2) is 77.3 Å². The largest absolute Gasteiger partial charge is 0.493 e. The molecule has 0 spiro atoms. The number of carbonyl (C=O) groups is 2. The zero-order valence-electron chi connectivity index (χ0n) is 17.1. The van der Waals surface area contributed by atoms with Crippen molar-refractivity contribution in [3.8, 4) is 11.5 Å². The maximum Gasteiger partial charge on any atom is 0.273 e. The van der Waals surface area contributed by atoms with Crippen LogP contribution < -0.4 is 20.3 Å². The van der Waals surface area contributed by atoms with Gasteiger partial charge in [0.25, 0.3) is 11.8 Å². The van der Waals surface area contributed by atoms with E-state index < -0.39 is 11.8 Å². The van der Waals surface area contributed by atoms with Crippen molar-refractivity contribution in [2.45, 2.75) is 20.0 Å². The lowest BCUT2D eigenvalue weighted by atomic mass is 10.2. The van der Waals surface area contributed by atoms with Gasteiger partial charge in [0.05, 0.1) is 17.7 Å². The first-order valence-electron chi connectivity index (χ1n) is 9.87. The number of hydrazine groups is 1. The predicted molar refractivity (Wildman–Crippen MR) is 122 cm³/mol. The molecule has 0 fully saturated rings. The van der Waals surface area contributed by atoms with Gasteiger partial charge in [-0.05, 0) is 42.3 Å². The number of hydrogen-bond donors (Lipinski definition) is 2. The molecule has 0 radical (unpaired) electrons. The molecule has 160 valence electrons. The van der Waals surface area contributed by atoms with Crippen molar-refractivity contribution in [3.63, 3.8) is 0 Å². The van der Waals surface area contributed by atoms with Crippen molar-refractivity contribution in [2.24, 2.45) is 0 Å². The fraction of sp³-hybridized carbons (Fsp3) is 0.167. The summed E-state index contributed by atoms with van der Waals surface area (Å²) in [7, 11) is 0. The smallest absolute Gasteiger partial charge is 0.273 e. The summed E-state index contributed by atoms with van der Waals surface area (Å²) in [6.45, 7) is 2.80. The van der Waals surface area contributed by atoms with Crippen molar-refractivity contribution in [1.29, 1.82) is 0 Å². The molecule has 31 heavy (non-hydrogen) atoms. The van der Waals surface area contributed by atoms with Crippen LogP contribution in [0.3, 0.4) is 0 Å². The van der Waals surface area contributed by atoms with E-state index in [4.69, 9.17) is 9.47 Å². The van der Waals surface area contributed by atoms with Crippen molar-refractivity contribution >= 4 is 27.7 Å². The number of carbonyl (C=O) groups excluding carboxylic acids is 2. The van der Waals surface area contributed by atoms with Crippen LogP contribution >= 0.6 is 15.9 Å². The van der Waals surface area contributed by atoms with Crippen LogP contribution in [0.5, 0.6) is 11.5 Å². The van der Waals surface area contributed by atoms with Crippen LogP contribution in [0.2, 0.25) is 0 Å². The molecule has 0 unspecified atom stereocenters. The molecule has 0 bridgehead atoms. The normalized spacial score (nSPS) is 10.3. The van der Waals surface area contributed by atoms with Crippen LogP contribution in [0.4, 0.5) is 0 Å². The summed E-state index contributed by atoms with van der Waals surface area (Å²) in [5, 5.41) is 0. The Bertz CT molecular complexity index is 1040. The van der Waals surface area contributed by atoms with Crippen LogP contribution in [0, 0.1) is 0 Å². The molecule has 0 aliphatic rings. The fourth-order valence-electron chi connectivity index (χ4n) is 2.78. The van der Waals surface area contributed by atoms with Gasteiger partial charge in [-0.25, -0.2) is 0 Å². The second kappa shape index (κ2) is 11.2. The third-order valence-electron chi connectivity index (χ3n) is 4.31. The van der Waals surface area contributed by atoms with Gasteiger partial charge in [-0.1, -0.05) is 65.3 Å². The highest BCUT2D eigenvalue weighted by Crippen LogP contribution is 2.23. The number of nitrogens with one attached hydrogen (secondary N) is 2. The van der Waals surface area contributed by atoms with Crippen LogP contribution in [-0.4, -0.2) is 18.4 Å². The summed E-state index contributed by atoms with van der Waals surface area (Å²) in [6.07, 6.45) is 0.813. The summed E-state index contributed by atoms with van der Waals surface area (Å²) in [4.78, 5) is 25.3. The number of amides is 2. The minimum Gasteiger partial charge on any atom is -0.493 e. The quantitative estimate of drug-likeness (QED) is 0.448. The topological polar surface area (TPSA) is 76.7 Å². The van der Waals surface area contributed by atoms with Gasteiger partial charge in [-0.2, -0.15) is 0 Å². The van der Waals surface area contributed by atoms with Crippen molar-refractivity contribution < 1.29 is 19.1 Å². The van der Waals surface area contributed by atoms with Gasteiger partial charge in [-0.3, -0.25) is 20.4 Å². The molecule has 2 amide bonds. The minimum atomic E-state index is -0.483. The van der Waals surface area contributed by atoms with Gasteiger partial charge in [-0.15, -0.1) is 0 Å². The molecule has 3 aromatic rings. The van der Waals surface area contributed by atoms with Crippen molar-refractivity contribution in [3.05, 3.63) is 94.0 Å². The lowest BCUT2D eigenvalue weighted by Gasteiger charge is -2.14. The summed E-state index contributed by atoms with van der Waals surface area (Å²) in [6, 6.07) is 21.7. The highest BCUT2D eigenvalue weighted by Gasteiger charge is 2.17. The first-order chi connectivity index (χ1) is 15.1. The maximum absolute atomic E-state index is 12.7. The molecule has 0 saturated carbocycles. The Balaban J connectivity index is 1.66. The average molecular weight is 483 g/mol. The average Bonchev–Trinajstić information content (AvgIpc) is 2.81. The van der Waals surface area contributed by atoms with Gasteiger partial charge in [0.15, 0.2) is 0 Å². The van der Waals surface area contributed by atoms with E-state index in [0.29, 0.717) is 35.8 Å². The number of para-hydroxylation sites is 1. The predicted octanol–water partition coefficient (Wildman–Crippen LogP) is 4.89. The van der Waals surface area contributed by atoms with E-state index in [1.807, 2.05) is 37.3 Å². The van der Waals surface area contributed by atoms with E-state index >= 15 is 0 Å². The fourth-order valence-corrected chi connectivity index (χ4v) is 3.14. The Morgan fingerprint density at radius 3 is 2.19 bits per heavy atom. The van der Waals surface area contributed by atoms with Crippen molar-refractivity contribution in [2.75, 3.05) is 6.61 Å². The molecule has 2 N–H and O–H groups in total. The number of hydrogen-bond acceptors (Lipinski definition) is 4. The molecular formula is C24H23BrN2O4. The molecule has 7 heteroatoms. The Hall–Kier alpha value is -3.32. The lowest BCUT2D eigenvalue weighted by Crippen LogP contribution is -2.41. The molecule has 0 aliphatic heterocycles. The molecule has 0 aliphatic carbocycles. The van der Waals surface area contributed by atoms with Gasteiger partial charge < -0.3 is 9.47 Å². The second-order valence-corrected chi connectivity index (χ2v) is 7.58. The number of rotatable bonds is 8.